The smallest absolute Gasteiger partial charge is 0.312 e. The topological polar surface area (TPSA) is 83.1 Å². The Morgan fingerprint density at radius 2 is 2.11 bits per heavy atom. The van der Waals surface area contributed by atoms with Gasteiger partial charge in [0.15, 0.2) is 5.82 Å². The summed E-state index contributed by atoms with van der Waals surface area (Å²) < 4.78 is 34.7. The summed E-state index contributed by atoms with van der Waals surface area (Å²) in [6, 6.07) is 9.61. The Bertz CT molecular complexity index is 1240. The summed E-state index contributed by atoms with van der Waals surface area (Å²) in [5.74, 6) is -0.316. The Hall–Kier alpha value is -3.04. The standard InChI is InChI=1S/C26H30ClF2N5O2/c1-4-18-13-26(25(35)36-3,10-11-34(18)15-17-6-5-7-19(27)24(17)29)14-21-20(28)8-9-22(30-21)31-23-12-16(2)32-33-23/h5-9,12,18H,4,10-11,13-15H2,1-3H3,(H2,30,31,32,33). The number of carbonyl (C=O) groups excluding carboxylic acids is 1. The number of aryl methyl sites for hydroxylation is 1. The number of rotatable bonds is 8. The van der Waals surface area contributed by atoms with E-state index in [1.165, 1.54) is 25.3 Å². The van der Waals surface area contributed by atoms with Gasteiger partial charge in [-0.05, 0) is 50.9 Å². The number of esters is 1. The number of hydrogen-bond donors (Lipinski definition) is 2. The minimum atomic E-state index is -0.950. The molecule has 0 bridgehead atoms. The van der Waals surface area contributed by atoms with E-state index < -0.39 is 23.0 Å². The first-order valence-electron chi connectivity index (χ1n) is 11.9. The number of piperidine rings is 1. The van der Waals surface area contributed by atoms with Crippen molar-refractivity contribution in [2.75, 3.05) is 19.0 Å². The number of H-pyrrole nitrogens is 1. The molecule has 0 spiro atoms. The van der Waals surface area contributed by atoms with Crippen LogP contribution in [-0.4, -0.2) is 45.7 Å². The molecule has 3 heterocycles. The van der Waals surface area contributed by atoms with E-state index in [1.807, 2.05) is 19.9 Å². The summed E-state index contributed by atoms with van der Waals surface area (Å²) in [6.45, 7) is 4.79. The predicted octanol–water partition coefficient (Wildman–Crippen LogP) is 5.56. The van der Waals surface area contributed by atoms with E-state index in [9.17, 15) is 13.6 Å². The largest absolute Gasteiger partial charge is 0.469 e. The highest BCUT2D eigenvalue weighted by molar-refractivity contribution is 6.30. The molecule has 2 aromatic heterocycles. The minimum Gasteiger partial charge on any atom is -0.469 e. The average molecular weight is 518 g/mol. The number of ether oxygens (including phenoxy) is 1. The van der Waals surface area contributed by atoms with Crippen molar-refractivity contribution in [1.82, 2.24) is 20.1 Å². The Kier molecular flexibility index (Phi) is 7.90. The number of pyridine rings is 1. The number of halogens is 3. The van der Waals surface area contributed by atoms with Crippen LogP contribution >= 0.6 is 11.6 Å². The molecule has 192 valence electrons. The highest BCUT2D eigenvalue weighted by Gasteiger charge is 2.46. The van der Waals surface area contributed by atoms with Crippen LogP contribution in [0.2, 0.25) is 5.02 Å². The Morgan fingerprint density at radius 1 is 1.31 bits per heavy atom. The number of nitrogens with zero attached hydrogens (tertiary/aromatic N) is 3. The second kappa shape index (κ2) is 10.9. The predicted molar refractivity (Wildman–Crippen MR) is 134 cm³/mol. The van der Waals surface area contributed by atoms with Crippen LogP contribution in [0.25, 0.3) is 0 Å². The molecular formula is C26H30ClF2N5O2. The summed E-state index contributed by atoms with van der Waals surface area (Å²) >= 11 is 5.97. The zero-order valence-electron chi connectivity index (χ0n) is 20.6. The maximum absolute atomic E-state index is 14.9. The molecular weight excluding hydrogens is 488 g/mol. The van der Waals surface area contributed by atoms with Crippen LogP contribution in [0.1, 0.15) is 43.1 Å². The molecule has 1 saturated heterocycles. The third-order valence-corrected chi connectivity index (χ3v) is 7.19. The lowest BCUT2D eigenvalue weighted by atomic mass is 9.71. The van der Waals surface area contributed by atoms with E-state index in [-0.39, 0.29) is 23.2 Å². The van der Waals surface area contributed by atoms with E-state index in [2.05, 4.69) is 25.4 Å². The number of nitrogens with one attached hydrogen (secondary N) is 2. The molecule has 1 aliphatic rings. The van der Waals surface area contributed by atoms with Gasteiger partial charge in [0.25, 0.3) is 0 Å². The number of aromatic amines is 1. The van der Waals surface area contributed by atoms with Crippen molar-refractivity contribution in [3.8, 4) is 0 Å². The van der Waals surface area contributed by atoms with Gasteiger partial charge in [-0.3, -0.25) is 14.8 Å². The summed E-state index contributed by atoms with van der Waals surface area (Å²) in [5, 5.41) is 10.1. The first-order valence-corrected chi connectivity index (χ1v) is 12.3. The van der Waals surface area contributed by atoms with Crippen molar-refractivity contribution in [3.63, 3.8) is 0 Å². The fourth-order valence-corrected chi connectivity index (χ4v) is 5.16. The highest BCUT2D eigenvalue weighted by Crippen LogP contribution is 2.41. The van der Waals surface area contributed by atoms with Gasteiger partial charge in [0, 0.05) is 36.3 Å². The monoisotopic (exact) mass is 517 g/mol. The van der Waals surface area contributed by atoms with E-state index in [0.717, 1.165) is 12.1 Å². The van der Waals surface area contributed by atoms with Crippen LogP contribution in [0.4, 0.5) is 20.4 Å². The number of hydrogen-bond acceptors (Lipinski definition) is 6. The lowest BCUT2D eigenvalue weighted by Crippen LogP contribution is -2.51. The minimum absolute atomic E-state index is 0.0346. The zero-order chi connectivity index (χ0) is 25.9. The van der Waals surface area contributed by atoms with E-state index in [0.29, 0.717) is 43.1 Å². The van der Waals surface area contributed by atoms with Gasteiger partial charge >= 0.3 is 5.97 Å². The number of aromatic nitrogens is 3. The molecule has 0 radical (unpaired) electrons. The van der Waals surface area contributed by atoms with Crippen molar-refractivity contribution in [2.24, 2.45) is 5.41 Å². The molecule has 10 heteroatoms. The molecule has 1 aliphatic heterocycles. The van der Waals surface area contributed by atoms with E-state index in [1.54, 1.807) is 12.1 Å². The molecule has 0 amide bonds. The van der Waals surface area contributed by atoms with Crippen LogP contribution in [0.3, 0.4) is 0 Å². The van der Waals surface area contributed by atoms with Gasteiger partial charge in [-0.15, -0.1) is 0 Å². The van der Waals surface area contributed by atoms with E-state index in [4.69, 9.17) is 16.3 Å². The van der Waals surface area contributed by atoms with Crippen molar-refractivity contribution >= 4 is 29.2 Å². The number of anilines is 2. The lowest BCUT2D eigenvalue weighted by molar-refractivity contribution is -0.157. The summed E-state index contributed by atoms with van der Waals surface area (Å²) in [4.78, 5) is 19.7. The lowest BCUT2D eigenvalue weighted by Gasteiger charge is -2.45. The first kappa shape index (κ1) is 26.0. The van der Waals surface area contributed by atoms with Crippen LogP contribution in [-0.2, 0) is 22.5 Å². The third kappa shape index (κ3) is 5.52. The first-order chi connectivity index (χ1) is 17.2. The fourth-order valence-electron chi connectivity index (χ4n) is 4.97. The SMILES string of the molecule is CCC1CC(Cc2nc(Nc3cc(C)[nH]n3)ccc2F)(C(=O)OC)CCN1Cc1cccc(Cl)c1F. The number of benzene rings is 1. The van der Waals surface area contributed by atoms with Crippen LogP contribution in [0, 0.1) is 24.0 Å². The average Bonchev–Trinajstić information content (AvgIpc) is 3.28. The van der Waals surface area contributed by atoms with Gasteiger partial charge in [-0.2, -0.15) is 5.10 Å². The number of methoxy groups -OCH3 is 1. The van der Waals surface area contributed by atoms with Crippen molar-refractivity contribution in [2.45, 2.75) is 52.1 Å². The van der Waals surface area contributed by atoms with Crippen molar-refractivity contribution in [1.29, 1.82) is 0 Å². The highest BCUT2D eigenvalue weighted by atomic mass is 35.5. The van der Waals surface area contributed by atoms with Gasteiger partial charge in [0.2, 0.25) is 0 Å². The second-order valence-corrected chi connectivity index (χ2v) is 9.74. The molecule has 2 unspecified atom stereocenters. The van der Waals surface area contributed by atoms with Gasteiger partial charge < -0.3 is 10.1 Å². The summed E-state index contributed by atoms with van der Waals surface area (Å²) in [5.41, 5.74) is 0.613. The zero-order valence-corrected chi connectivity index (χ0v) is 21.3. The number of carbonyl (C=O) groups is 1. The molecule has 1 fully saturated rings. The molecule has 4 rings (SSSR count). The summed E-state index contributed by atoms with van der Waals surface area (Å²) in [7, 11) is 1.35. The van der Waals surface area contributed by atoms with Crippen LogP contribution in [0.15, 0.2) is 36.4 Å². The molecule has 0 saturated carbocycles. The van der Waals surface area contributed by atoms with Crippen LogP contribution < -0.4 is 5.32 Å². The molecule has 3 aromatic rings. The molecule has 2 N–H and O–H groups in total. The molecule has 1 aromatic carbocycles. The normalized spacial score (nSPS) is 20.3. The van der Waals surface area contributed by atoms with Gasteiger partial charge in [-0.25, -0.2) is 13.8 Å². The molecule has 2 atom stereocenters. The Morgan fingerprint density at radius 3 is 2.81 bits per heavy atom. The maximum Gasteiger partial charge on any atom is 0.312 e. The third-order valence-electron chi connectivity index (χ3n) is 6.90. The number of likely N-dealkylation sites (tertiary alicyclic amines) is 1. The molecule has 36 heavy (non-hydrogen) atoms. The fraction of sp³-hybridized carbons (Fsp3) is 0.423. The molecule has 0 aliphatic carbocycles. The Balaban J connectivity index is 1.57. The van der Waals surface area contributed by atoms with Gasteiger partial charge in [-0.1, -0.05) is 30.7 Å². The van der Waals surface area contributed by atoms with E-state index >= 15 is 0 Å². The van der Waals surface area contributed by atoms with Crippen molar-refractivity contribution < 1.29 is 18.3 Å². The molecule has 7 nitrogen and oxygen atoms in total. The Labute approximate surface area is 214 Å². The van der Waals surface area contributed by atoms with Crippen molar-refractivity contribution in [3.05, 3.63) is 70.0 Å². The van der Waals surface area contributed by atoms with Gasteiger partial charge in [0.05, 0.1) is 23.2 Å². The van der Waals surface area contributed by atoms with Gasteiger partial charge in [0.1, 0.15) is 17.5 Å². The van der Waals surface area contributed by atoms with Crippen LogP contribution in [0.5, 0.6) is 0 Å². The maximum atomic E-state index is 14.9. The summed E-state index contributed by atoms with van der Waals surface area (Å²) in [6.07, 6.45) is 1.69. The second-order valence-electron chi connectivity index (χ2n) is 9.33. The quantitative estimate of drug-likeness (QED) is 0.380.